The lowest BCUT2D eigenvalue weighted by Crippen LogP contribution is -2.31. The van der Waals surface area contributed by atoms with Gasteiger partial charge in [0, 0.05) is 24.3 Å². The van der Waals surface area contributed by atoms with Crippen LogP contribution in [0.5, 0.6) is 0 Å². The summed E-state index contributed by atoms with van der Waals surface area (Å²) >= 11 is 0. The maximum absolute atomic E-state index is 11.9. The normalized spacial score (nSPS) is 17.9. The molecule has 0 aromatic heterocycles. The van der Waals surface area contributed by atoms with E-state index in [1.165, 1.54) is 12.1 Å². The lowest BCUT2D eigenvalue weighted by Gasteiger charge is -2.13. The van der Waals surface area contributed by atoms with Crippen molar-refractivity contribution in [3.05, 3.63) is 24.3 Å². The summed E-state index contributed by atoms with van der Waals surface area (Å²) in [6.45, 7) is 0.299. The van der Waals surface area contributed by atoms with Crippen molar-refractivity contribution in [2.45, 2.75) is 17.7 Å². The number of benzene rings is 1. The quantitative estimate of drug-likeness (QED) is 0.661. The molecule has 1 fully saturated rings. The van der Waals surface area contributed by atoms with Gasteiger partial charge >= 0.3 is 0 Å². The molecule has 17 heavy (non-hydrogen) atoms. The standard InChI is InChI=1S/C11H16N2O3S/c12-9-2-1-3-10(6-9)17(15,16)13-7-11(8-14)4-5-11/h1-3,6,13-14H,4-5,7-8,12H2. The first-order valence-electron chi connectivity index (χ1n) is 5.44. The molecule has 1 aromatic carbocycles. The lowest BCUT2D eigenvalue weighted by molar-refractivity contribution is 0.213. The van der Waals surface area contributed by atoms with Gasteiger partial charge in [0.2, 0.25) is 10.0 Å². The highest BCUT2D eigenvalue weighted by Gasteiger charge is 2.42. The van der Waals surface area contributed by atoms with Crippen molar-refractivity contribution in [2.24, 2.45) is 5.41 Å². The van der Waals surface area contributed by atoms with E-state index >= 15 is 0 Å². The topological polar surface area (TPSA) is 92.4 Å². The van der Waals surface area contributed by atoms with Crippen LogP contribution in [-0.2, 0) is 10.0 Å². The Hall–Kier alpha value is -1.11. The van der Waals surface area contributed by atoms with Crippen LogP contribution in [0.2, 0.25) is 0 Å². The third-order valence-corrected chi connectivity index (χ3v) is 4.50. The molecule has 1 aromatic rings. The maximum atomic E-state index is 11.9. The molecule has 0 amide bonds. The van der Waals surface area contributed by atoms with Crippen molar-refractivity contribution in [1.82, 2.24) is 4.72 Å². The fourth-order valence-corrected chi connectivity index (χ4v) is 2.79. The van der Waals surface area contributed by atoms with Gasteiger partial charge in [-0.25, -0.2) is 13.1 Å². The van der Waals surface area contributed by atoms with Gasteiger partial charge < -0.3 is 10.8 Å². The zero-order valence-corrected chi connectivity index (χ0v) is 10.2. The van der Waals surface area contributed by atoms with Crippen molar-refractivity contribution in [3.63, 3.8) is 0 Å². The second-order valence-corrected chi connectivity index (χ2v) is 6.32. The van der Waals surface area contributed by atoms with Gasteiger partial charge in [0.15, 0.2) is 0 Å². The van der Waals surface area contributed by atoms with Gasteiger partial charge in [0.1, 0.15) is 0 Å². The van der Waals surface area contributed by atoms with Crippen LogP contribution in [0.25, 0.3) is 0 Å². The fraction of sp³-hybridized carbons (Fsp3) is 0.455. The van der Waals surface area contributed by atoms with Crippen LogP contribution in [0.4, 0.5) is 5.69 Å². The Morgan fingerprint density at radius 2 is 2.12 bits per heavy atom. The van der Waals surface area contributed by atoms with Crippen molar-refractivity contribution < 1.29 is 13.5 Å². The number of nitrogens with one attached hydrogen (secondary N) is 1. The molecule has 94 valence electrons. The van der Waals surface area contributed by atoms with Crippen molar-refractivity contribution in [1.29, 1.82) is 0 Å². The molecule has 0 unspecified atom stereocenters. The minimum absolute atomic E-state index is 0.0203. The van der Waals surface area contributed by atoms with Gasteiger partial charge in [-0.3, -0.25) is 0 Å². The molecule has 6 heteroatoms. The molecule has 0 atom stereocenters. The smallest absolute Gasteiger partial charge is 0.240 e. The number of aliphatic hydroxyl groups is 1. The molecule has 5 nitrogen and oxygen atoms in total. The Morgan fingerprint density at radius 1 is 1.41 bits per heavy atom. The van der Waals surface area contributed by atoms with Crippen molar-refractivity contribution in [3.8, 4) is 0 Å². The highest BCUT2D eigenvalue weighted by molar-refractivity contribution is 7.89. The summed E-state index contributed by atoms with van der Waals surface area (Å²) in [7, 11) is -3.53. The SMILES string of the molecule is Nc1cccc(S(=O)(=O)NCC2(CO)CC2)c1. The van der Waals surface area contributed by atoms with Crippen LogP contribution in [0.15, 0.2) is 29.2 Å². The number of rotatable bonds is 5. The first-order chi connectivity index (χ1) is 7.97. The summed E-state index contributed by atoms with van der Waals surface area (Å²) in [4.78, 5) is 0.159. The molecule has 0 heterocycles. The van der Waals surface area contributed by atoms with Gasteiger partial charge in [0.05, 0.1) is 4.90 Å². The fourth-order valence-electron chi connectivity index (χ4n) is 1.58. The van der Waals surface area contributed by atoms with E-state index in [1.807, 2.05) is 0 Å². The van der Waals surface area contributed by atoms with Crippen LogP contribution in [-0.4, -0.2) is 26.7 Å². The molecule has 4 N–H and O–H groups in total. The predicted octanol–water partition coefficient (Wildman–Crippen LogP) is 0.320. The van der Waals surface area contributed by atoms with E-state index in [2.05, 4.69) is 4.72 Å². The minimum atomic E-state index is -3.53. The van der Waals surface area contributed by atoms with E-state index in [-0.39, 0.29) is 23.5 Å². The Labute approximate surface area is 101 Å². The van der Waals surface area contributed by atoms with Crippen molar-refractivity contribution >= 4 is 15.7 Å². The molecular weight excluding hydrogens is 240 g/mol. The highest BCUT2D eigenvalue weighted by atomic mass is 32.2. The first kappa shape index (κ1) is 12.3. The number of aliphatic hydroxyl groups excluding tert-OH is 1. The minimum Gasteiger partial charge on any atom is -0.399 e. The predicted molar refractivity (Wildman–Crippen MR) is 64.8 cm³/mol. The third kappa shape index (κ3) is 2.77. The Bertz CT molecular complexity index is 509. The van der Waals surface area contributed by atoms with Gasteiger partial charge in [-0.1, -0.05) is 6.07 Å². The first-order valence-corrected chi connectivity index (χ1v) is 6.92. The zero-order valence-electron chi connectivity index (χ0n) is 9.39. The molecule has 0 aliphatic heterocycles. The summed E-state index contributed by atoms with van der Waals surface area (Å²) in [5, 5.41) is 9.11. The summed E-state index contributed by atoms with van der Waals surface area (Å²) < 4.78 is 26.4. The van der Waals surface area contributed by atoms with Gasteiger partial charge in [0.25, 0.3) is 0 Å². The van der Waals surface area contributed by atoms with Crippen LogP contribution in [0.3, 0.4) is 0 Å². The number of nitrogen functional groups attached to an aromatic ring is 1. The van der Waals surface area contributed by atoms with Crippen molar-refractivity contribution in [2.75, 3.05) is 18.9 Å². The molecule has 0 saturated heterocycles. The van der Waals surface area contributed by atoms with Crippen LogP contribution < -0.4 is 10.5 Å². The molecule has 1 aliphatic carbocycles. The number of nitrogens with two attached hydrogens (primary N) is 1. The number of hydrogen-bond acceptors (Lipinski definition) is 4. The highest BCUT2D eigenvalue weighted by Crippen LogP contribution is 2.44. The van der Waals surface area contributed by atoms with E-state index in [0.29, 0.717) is 5.69 Å². The number of anilines is 1. The molecule has 1 saturated carbocycles. The van der Waals surface area contributed by atoms with E-state index in [4.69, 9.17) is 10.8 Å². The zero-order chi connectivity index (χ0) is 12.5. The van der Waals surface area contributed by atoms with Gasteiger partial charge in [-0.15, -0.1) is 0 Å². The Morgan fingerprint density at radius 3 is 2.65 bits per heavy atom. The van der Waals surface area contributed by atoms with Crippen LogP contribution in [0, 0.1) is 5.41 Å². The molecule has 0 bridgehead atoms. The largest absolute Gasteiger partial charge is 0.399 e. The Balaban J connectivity index is 2.09. The molecule has 0 radical (unpaired) electrons. The Kier molecular flexibility index (Phi) is 3.11. The van der Waals surface area contributed by atoms with Crippen LogP contribution >= 0.6 is 0 Å². The van der Waals surface area contributed by atoms with Gasteiger partial charge in [-0.2, -0.15) is 0 Å². The summed E-state index contributed by atoms with van der Waals surface area (Å²) in [5.41, 5.74) is 5.71. The third-order valence-electron chi connectivity index (χ3n) is 3.10. The number of sulfonamides is 1. The van der Waals surface area contributed by atoms with Gasteiger partial charge in [-0.05, 0) is 31.0 Å². The van der Waals surface area contributed by atoms with E-state index in [0.717, 1.165) is 12.8 Å². The van der Waals surface area contributed by atoms with E-state index < -0.39 is 10.0 Å². The average molecular weight is 256 g/mol. The monoisotopic (exact) mass is 256 g/mol. The lowest BCUT2D eigenvalue weighted by atomic mass is 10.1. The maximum Gasteiger partial charge on any atom is 0.240 e. The second kappa shape index (κ2) is 4.29. The molecular formula is C11H16N2O3S. The van der Waals surface area contributed by atoms with Crippen LogP contribution in [0.1, 0.15) is 12.8 Å². The van der Waals surface area contributed by atoms with E-state index in [9.17, 15) is 8.42 Å². The summed E-state index contributed by atoms with van der Waals surface area (Å²) in [6.07, 6.45) is 1.73. The molecule has 1 aliphatic rings. The number of hydrogen-bond donors (Lipinski definition) is 3. The second-order valence-electron chi connectivity index (χ2n) is 4.56. The summed E-state index contributed by atoms with van der Waals surface area (Å²) in [6, 6.07) is 6.15. The molecule has 0 spiro atoms. The average Bonchev–Trinajstić information content (AvgIpc) is 3.07. The summed E-state index contributed by atoms with van der Waals surface area (Å²) in [5.74, 6) is 0. The van der Waals surface area contributed by atoms with E-state index in [1.54, 1.807) is 12.1 Å². The molecule has 2 rings (SSSR count).